The first-order valence-corrected chi connectivity index (χ1v) is 14.2. The quantitative estimate of drug-likeness (QED) is 0.592. The van der Waals surface area contributed by atoms with E-state index in [-0.39, 0.29) is 5.91 Å². The van der Waals surface area contributed by atoms with Crippen LogP contribution < -0.4 is 0 Å². The van der Waals surface area contributed by atoms with Gasteiger partial charge in [-0.25, -0.2) is 0 Å². The molecular weight excluding hydrogens is 430 g/mol. The van der Waals surface area contributed by atoms with Gasteiger partial charge in [-0.15, -0.1) is 11.3 Å². The van der Waals surface area contributed by atoms with Crippen molar-refractivity contribution in [2.24, 2.45) is 5.92 Å². The maximum Gasteiger partial charge on any atom is 0.258 e. The van der Waals surface area contributed by atoms with Crippen LogP contribution in [-0.2, 0) is 4.79 Å². The second-order valence-corrected chi connectivity index (χ2v) is 11.3. The number of allylic oxidation sites excluding steroid dienone is 2. The van der Waals surface area contributed by atoms with E-state index in [1.165, 1.54) is 49.1 Å². The van der Waals surface area contributed by atoms with E-state index in [1.807, 2.05) is 0 Å². The third-order valence-corrected chi connectivity index (χ3v) is 9.32. The minimum Gasteiger partial charge on any atom is -0.343 e. The van der Waals surface area contributed by atoms with Gasteiger partial charge in [-0.1, -0.05) is 12.5 Å². The van der Waals surface area contributed by atoms with Gasteiger partial charge in [0.05, 0.1) is 5.56 Å². The van der Waals surface area contributed by atoms with E-state index in [2.05, 4.69) is 32.2 Å². The van der Waals surface area contributed by atoms with E-state index in [1.54, 1.807) is 11.3 Å². The van der Waals surface area contributed by atoms with Crippen LogP contribution in [0.5, 0.6) is 0 Å². The van der Waals surface area contributed by atoms with Crippen molar-refractivity contribution >= 4 is 23.2 Å². The summed E-state index contributed by atoms with van der Waals surface area (Å²) in [6.07, 6.45) is 14.9. The summed E-state index contributed by atoms with van der Waals surface area (Å²) in [4.78, 5) is 34.0. The molecule has 5 nitrogen and oxygen atoms in total. The number of piperidine rings is 3. The molecule has 0 aromatic carbocycles. The first kappa shape index (κ1) is 23.1. The molecule has 4 aliphatic rings. The Morgan fingerprint density at radius 3 is 2.48 bits per heavy atom. The molecule has 3 saturated heterocycles. The minimum absolute atomic E-state index is 0.195. The second-order valence-electron chi connectivity index (χ2n) is 10.4. The standard InChI is InChI=1S/C27H39N3O2S/c31-26(12-16-28-13-4-1-5-14-28)29-17-10-22(11-18-29)25-19-23(20-33-25)27(32)30-15-6-8-21-7-2-3-9-24(21)30/h9,19-22H,1-8,10-18H2. The van der Waals surface area contributed by atoms with Gasteiger partial charge < -0.3 is 14.7 Å². The Morgan fingerprint density at radius 2 is 1.67 bits per heavy atom. The highest BCUT2D eigenvalue weighted by molar-refractivity contribution is 7.10. The molecule has 0 spiro atoms. The molecule has 4 heterocycles. The zero-order valence-corrected chi connectivity index (χ0v) is 20.8. The highest BCUT2D eigenvalue weighted by Gasteiger charge is 2.32. The number of hydrogen-bond acceptors (Lipinski definition) is 4. The average Bonchev–Trinajstić information content (AvgIpc) is 3.38. The first-order valence-electron chi connectivity index (χ1n) is 13.3. The molecule has 1 atom stereocenters. The summed E-state index contributed by atoms with van der Waals surface area (Å²) in [6, 6.07) is 2.15. The molecule has 1 aromatic rings. The third-order valence-electron chi connectivity index (χ3n) is 8.23. The van der Waals surface area contributed by atoms with Crippen LogP contribution in [0.2, 0.25) is 0 Å². The average molecular weight is 470 g/mol. The molecule has 0 bridgehead atoms. The zero-order chi connectivity index (χ0) is 22.6. The van der Waals surface area contributed by atoms with E-state index in [0.717, 1.165) is 70.5 Å². The van der Waals surface area contributed by atoms with Crippen molar-refractivity contribution in [2.45, 2.75) is 76.5 Å². The lowest BCUT2D eigenvalue weighted by molar-refractivity contribution is -0.132. The van der Waals surface area contributed by atoms with Crippen molar-refractivity contribution in [3.8, 4) is 0 Å². The molecule has 1 unspecified atom stereocenters. The fourth-order valence-corrected chi connectivity index (χ4v) is 7.29. The highest BCUT2D eigenvalue weighted by Crippen LogP contribution is 2.37. The van der Waals surface area contributed by atoms with Gasteiger partial charge in [0.2, 0.25) is 5.91 Å². The number of carbonyl (C=O) groups excluding carboxylic acids is 2. The minimum atomic E-state index is 0.195. The van der Waals surface area contributed by atoms with Crippen LogP contribution in [0.15, 0.2) is 23.2 Å². The maximum atomic E-state index is 13.3. The summed E-state index contributed by atoms with van der Waals surface area (Å²) in [5.41, 5.74) is 2.16. The van der Waals surface area contributed by atoms with Crippen molar-refractivity contribution in [1.29, 1.82) is 0 Å². The first-order chi connectivity index (χ1) is 16.2. The molecule has 2 amide bonds. The molecule has 0 saturated carbocycles. The molecular formula is C27H39N3O2S. The molecule has 1 aliphatic carbocycles. The number of thiophene rings is 1. The monoisotopic (exact) mass is 469 g/mol. The third kappa shape index (κ3) is 5.37. The highest BCUT2D eigenvalue weighted by atomic mass is 32.1. The number of rotatable bonds is 5. The summed E-state index contributed by atoms with van der Waals surface area (Å²) >= 11 is 1.74. The molecule has 0 radical (unpaired) electrons. The summed E-state index contributed by atoms with van der Waals surface area (Å²) in [5, 5.41) is 2.07. The Balaban J connectivity index is 1.13. The topological polar surface area (TPSA) is 43.9 Å². The zero-order valence-electron chi connectivity index (χ0n) is 20.0. The van der Waals surface area contributed by atoms with Crippen LogP contribution in [0, 0.1) is 5.92 Å². The second kappa shape index (κ2) is 10.7. The molecule has 0 N–H and O–H groups in total. The van der Waals surface area contributed by atoms with Crippen LogP contribution in [0.4, 0.5) is 0 Å². The lowest BCUT2D eigenvalue weighted by Crippen LogP contribution is -2.40. The predicted molar refractivity (Wildman–Crippen MR) is 133 cm³/mol. The molecule has 6 heteroatoms. The molecule has 1 aromatic heterocycles. The lowest BCUT2D eigenvalue weighted by atomic mass is 9.84. The van der Waals surface area contributed by atoms with Gasteiger partial charge in [-0.2, -0.15) is 0 Å². The number of fused-ring (bicyclic) bond motifs is 1. The summed E-state index contributed by atoms with van der Waals surface area (Å²) in [5.74, 6) is 1.58. The van der Waals surface area contributed by atoms with Crippen molar-refractivity contribution < 1.29 is 9.59 Å². The van der Waals surface area contributed by atoms with Crippen LogP contribution in [-0.4, -0.2) is 65.8 Å². The van der Waals surface area contributed by atoms with Crippen LogP contribution in [0.3, 0.4) is 0 Å². The molecule has 5 rings (SSSR count). The SMILES string of the molecule is O=C(CCN1CCCCC1)N1CCC(c2cc(C(=O)N3CCCC4CCCC=C43)cs2)CC1. The van der Waals surface area contributed by atoms with Crippen LogP contribution >= 0.6 is 11.3 Å². The molecule has 3 fully saturated rings. The summed E-state index contributed by atoms with van der Waals surface area (Å²) in [7, 11) is 0. The Bertz CT molecular complexity index is 864. The van der Waals surface area contributed by atoms with Gasteiger partial charge in [0.15, 0.2) is 0 Å². The predicted octanol–water partition coefficient (Wildman–Crippen LogP) is 5.25. The Kier molecular flexibility index (Phi) is 7.51. The Morgan fingerprint density at radius 1 is 0.879 bits per heavy atom. The largest absolute Gasteiger partial charge is 0.343 e. The molecule has 3 aliphatic heterocycles. The number of nitrogens with zero attached hydrogens (tertiary/aromatic N) is 3. The van der Waals surface area contributed by atoms with Gasteiger partial charge in [0, 0.05) is 48.6 Å². The summed E-state index contributed by atoms with van der Waals surface area (Å²) in [6.45, 7) is 5.80. The normalized spacial score (nSPS) is 25.0. The lowest BCUT2D eigenvalue weighted by Gasteiger charge is -2.37. The van der Waals surface area contributed by atoms with E-state index in [4.69, 9.17) is 0 Å². The van der Waals surface area contributed by atoms with Gasteiger partial charge in [0.1, 0.15) is 0 Å². The Labute approximate surface area is 202 Å². The molecule has 33 heavy (non-hydrogen) atoms. The summed E-state index contributed by atoms with van der Waals surface area (Å²) < 4.78 is 0. The number of amides is 2. The van der Waals surface area contributed by atoms with Crippen molar-refractivity contribution in [1.82, 2.24) is 14.7 Å². The van der Waals surface area contributed by atoms with E-state index in [0.29, 0.717) is 24.2 Å². The Hall–Kier alpha value is -1.66. The number of hydrogen-bond donors (Lipinski definition) is 0. The van der Waals surface area contributed by atoms with Crippen molar-refractivity contribution in [2.75, 3.05) is 39.3 Å². The van der Waals surface area contributed by atoms with Crippen LogP contribution in [0.1, 0.15) is 91.8 Å². The van der Waals surface area contributed by atoms with Gasteiger partial charge in [-0.05, 0) is 88.8 Å². The van der Waals surface area contributed by atoms with E-state index < -0.39 is 0 Å². The number of carbonyl (C=O) groups is 2. The van der Waals surface area contributed by atoms with Gasteiger partial charge in [-0.3, -0.25) is 9.59 Å². The maximum absolute atomic E-state index is 13.3. The van der Waals surface area contributed by atoms with E-state index >= 15 is 0 Å². The van der Waals surface area contributed by atoms with Crippen LogP contribution in [0.25, 0.3) is 0 Å². The van der Waals surface area contributed by atoms with Crippen molar-refractivity contribution in [3.05, 3.63) is 33.7 Å². The fourth-order valence-electron chi connectivity index (χ4n) is 6.24. The van der Waals surface area contributed by atoms with Crippen molar-refractivity contribution in [3.63, 3.8) is 0 Å². The van der Waals surface area contributed by atoms with E-state index in [9.17, 15) is 9.59 Å². The van der Waals surface area contributed by atoms with Gasteiger partial charge in [0.25, 0.3) is 5.91 Å². The number of likely N-dealkylation sites (tertiary alicyclic amines) is 3. The van der Waals surface area contributed by atoms with Gasteiger partial charge >= 0.3 is 0 Å². The molecule has 180 valence electrons. The fraction of sp³-hybridized carbons (Fsp3) is 0.704. The smallest absolute Gasteiger partial charge is 0.258 e.